The van der Waals surface area contributed by atoms with Gasteiger partial charge in [-0.25, -0.2) is 8.42 Å². The maximum absolute atomic E-state index is 12.5. The molecular formula is C14H15NaO6S2. The molecule has 0 aliphatic carbocycles. The Morgan fingerprint density at radius 3 is 2.04 bits per heavy atom. The van der Waals surface area contributed by atoms with Crippen LogP contribution in [0.5, 0.6) is 0 Å². The summed E-state index contributed by atoms with van der Waals surface area (Å²) in [6.45, 7) is 4.54. The Kier molecular flexibility index (Phi) is 6.07. The molecule has 2 aromatic rings. The summed E-state index contributed by atoms with van der Waals surface area (Å²) in [5, 5.41) is 0.620. The molecule has 0 aromatic heterocycles. The van der Waals surface area contributed by atoms with Crippen LogP contribution in [-0.4, -0.2) is 27.0 Å². The number of hydrogen-bond acceptors (Lipinski definition) is 6. The van der Waals surface area contributed by atoms with Crippen LogP contribution < -0.4 is 29.6 Å². The van der Waals surface area contributed by atoms with E-state index in [-0.39, 0.29) is 34.9 Å². The molecule has 2 aromatic carbocycles. The zero-order chi connectivity index (χ0) is 16.8. The normalized spacial score (nSPS) is 12.9. The van der Waals surface area contributed by atoms with E-state index in [0.29, 0.717) is 5.39 Å². The summed E-state index contributed by atoms with van der Waals surface area (Å²) in [7, 11) is -9.41. The van der Waals surface area contributed by atoms with E-state index in [1.54, 1.807) is 18.2 Å². The minimum absolute atomic E-state index is 0. The van der Waals surface area contributed by atoms with Gasteiger partial charge in [-0.2, -0.15) is 8.42 Å². The summed E-state index contributed by atoms with van der Waals surface area (Å²) >= 11 is 0. The van der Waals surface area contributed by atoms with Crippen LogP contribution in [0.3, 0.4) is 0 Å². The van der Waals surface area contributed by atoms with E-state index in [4.69, 9.17) is 4.18 Å². The van der Waals surface area contributed by atoms with Gasteiger partial charge in [-0.05, 0) is 32.2 Å². The Bertz CT molecular complexity index is 927. The van der Waals surface area contributed by atoms with Crippen LogP contribution in [0.15, 0.2) is 46.2 Å². The molecule has 6 nitrogen and oxygen atoms in total. The van der Waals surface area contributed by atoms with E-state index in [1.165, 1.54) is 32.9 Å². The van der Waals surface area contributed by atoms with Crippen LogP contribution >= 0.6 is 0 Å². The SMILES string of the molecule is CC(C)(C)OS(=O)(=O)c1c(S(=O)(=O)[O-])ccc2ccccc12.[Na+]. The number of fused-ring (bicyclic) bond motifs is 1. The molecule has 0 saturated carbocycles. The fourth-order valence-electron chi connectivity index (χ4n) is 2.05. The molecule has 0 atom stereocenters. The van der Waals surface area contributed by atoms with Crippen LogP contribution in [0.25, 0.3) is 10.8 Å². The van der Waals surface area contributed by atoms with Gasteiger partial charge < -0.3 is 4.55 Å². The maximum atomic E-state index is 12.5. The topological polar surface area (TPSA) is 101 Å². The third-order valence-corrected chi connectivity index (χ3v) is 5.39. The molecule has 0 aliphatic heterocycles. The zero-order valence-electron chi connectivity index (χ0n) is 13.2. The van der Waals surface area contributed by atoms with Crippen molar-refractivity contribution >= 4 is 31.0 Å². The van der Waals surface area contributed by atoms with Crippen molar-refractivity contribution in [3.8, 4) is 0 Å². The zero-order valence-corrected chi connectivity index (χ0v) is 16.9. The standard InChI is InChI=1S/C14H16O6S2.Na/c1-14(2,3)20-22(18,19)13-11-7-5-4-6-10(11)8-9-12(13)21(15,16)17;/h4-9H,1-3H3,(H,15,16,17);/q;+1/p-1. The maximum Gasteiger partial charge on any atom is 1.00 e. The summed E-state index contributed by atoms with van der Waals surface area (Å²) in [5.74, 6) is 0. The molecule has 0 fully saturated rings. The molecule has 0 heterocycles. The van der Waals surface area contributed by atoms with Crippen LogP contribution in [-0.2, 0) is 24.4 Å². The van der Waals surface area contributed by atoms with E-state index in [9.17, 15) is 21.4 Å². The van der Waals surface area contributed by atoms with Gasteiger partial charge in [0.05, 0.1) is 10.5 Å². The van der Waals surface area contributed by atoms with E-state index in [2.05, 4.69) is 0 Å². The Balaban J connectivity index is 0.00000264. The van der Waals surface area contributed by atoms with Crippen molar-refractivity contribution in [3.63, 3.8) is 0 Å². The fourth-order valence-corrected chi connectivity index (χ4v) is 4.74. The molecule has 0 radical (unpaired) electrons. The second-order valence-corrected chi connectivity index (χ2v) is 8.55. The van der Waals surface area contributed by atoms with E-state index >= 15 is 0 Å². The van der Waals surface area contributed by atoms with Gasteiger partial charge in [-0.1, -0.05) is 30.3 Å². The monoisotopic (exact) mass is 366 g/mol. The molecule has 9 heteroatoms. The van der Waals surface area contributed by atoms with Gasteiger partial charge in [0.15, 0.2) is 0 Å². The van der Waals surface area contributed by atoms with Crippen LogP contribution in [0.4, 0.5) is 0 Å². The molecule has 0 aliphatic rings. The molecule has 23 heavy (non-hydrogen) atoms. The van der Waals surface area contributed by atoms with Crippen LogP contribution in [0.1, 0.15) is 20.8 Å². The Morgan fingerprint density at radius 1 is 0.957 bits per heavy atom. The Labute approximate surface area is 158 Å². The molecular weight excluding hydrogens is 351 g/mol. The average Bonchev–Trinajstić information content (AvgIpc) is 2.33. The minimum Gasteiger partial charge on any atom is -0.744 e. The summed E-state index contributed by atoms with van der Waals surface area (Å²) in [5.41, 5.74) is -1.07. The summed E-state index contributed by atoms with van der Waals surface area (Å²) < 4.78 is 64.3. The van der Waals surface area contributed by atoms with Gasteiger partial charge in [0, 0.05) is 5.39 Å². The fraction of sp³-hybridized carbons (Fsp3) is 0.286. The van der Waals surface area contributed by atoms with Crippen molar-refractivity contribution in [2.75, 3.05) is 0 Å². The third kappa shape index (κ3) is 4.76. The Hall–Kier alpha value is -0.480. The van der Waals surface area contributed by atoms with E-state index < -0.39 is 35.6 Å². The third-order valence-electron chi connectivity index (χ3n) is 2.72. The van der Waals surface area contributed by atoms with Crippen molar-refractivity contribution in [2.45, 2.75) is 36.2 Å². The summed E-state index contributed by atoms with van der Waals surface area (Å²) in [6, 6.07) is 8.66. The first-order chi connectivity index (χ1) is 9.92. The van der Waals surface area contributed by atoms with Gasteiger partial charge in [-0.15, -0.1) is 0 Å². The van der Waals surface area contributed by atoms with Crippen molar-refractivity contribution in [1.82, 2.24) is 0 Å². The first kappa shape index (κ1) is 20.6. The van der Waals surface area contributed by atoms with Gasteiger partial charge in [0.25, 0.3) is 10.1 Å². The number of rotatable bonds is 3. The van der Waals surface area contributed by atoms with Crippen molar-refractivity contribution in [1.29, 1.82) is 0 Å². The van der Waals surface area contributed by atoms with Gasteiger partial charge in [0.2, 0.25) is 0 Å². The van der Waals surface area contributed by atoms with Crippen LogP contribution in [0, 0.1) is 0 Å². The first-order valence-corrected chi connectivity index (χ1v) is 9.17. The Morgan fingerprint density at radius 2 is 1.52 bits per heavy atom. The van der Waals surface area contributed by atoms with E-state index in [0.717, 1.165) is 6.07 Å². The predicted molar refractivity (Wildman–Crippen MR) is 79.9 cm³/mol. The molecule has 0 spiro atoms. The summed E-state index contributed by atoms with van der Waals surface area (Å²) in [4.78, 5) is -1.43. The molecule has 0 N–H and O–H groups in total. The molecule has 0 amide bonds. The first-order valence-electron chi connectivity index (χ1n) is 6.35. The van der Waals surface area contributed by atoms with Gasteiger partial charge in [0.1, 0.15) is 15.0 Å². The van der Waals surface area contributed by atoms with Crippen LogP contribution in [0.2, 0.25) is 0 Å². The second kappa shape index (κ2) is 6.79. The molecule has 0 unspecified atom stereocenters. The smallest absolute Gasteiger partial charge is 0.744 e. The minimum atomic E-state index is -4.97. The largest absolute Gasteiger partial charge is 1.00 e. The van der Waals surface area contributed by atoms with Crippen molar-refractivity contribution < 1.29 is 55.1 Å². The molecule has 120 valence electrons. The van der Waals surface area contributed by atoms with Crippen molar-refractivity contribution in [2.24, 2.45) is 0 Å². The molecule has 0 bridgehead atoms. The molecule has 2 rings (SSSR count). The average molecular weight is 366 g/mol. The van der Waals surface area contributed by atoms with Gasteiger partial charge in [-0.3, -0.25) is 4.18 Å². The summed E-state index contributed by atoms with van der Waals surface area (Å²) in [6.07, 6.45) is 0. The van der Waals surface area contributed by atoms with E-state index in [1.807, 2.05) is 0 Å². The predicted octanol–water partition coefficient (Wildman–Crippen LogP) is -0.748. The number of hydrogen-bond donors (Lipinski definition) is 0. The van der Waals surface area contributed by atoms with Gasteiger partial charge >= 0.3 is 29.6 Å². The second-order valence-electron chi connectivity index (χ2n) is 5.72. The molecule has 0 saturated heterocycles. The van der Waals surface area contributed by atoms with Crippen molar-refractivity contribution in [3.05, 3.63) is 36.4 Å². The number of benzene rings is 2. The quantitative estimate of drug-likeness (QED) is 0.403.